The third-order valence-corrected chi connectivity index (χ3v) is 5.15. The SMILES string of the molecule is Oc1ccc2c(c1)Cc1c(-c3ccccc3O)cc(-c3cccc(F)c3)nc1-2. The van der Waals surface area contributed by atoms with Crippen LogP contribution in [-0.2, 0) is 6.42 Å². The number of aromatic hydroxyl groups is 2. The molecule has 3 aromatic carbocycles. The Morgan fingerprint density at radius 2 is 1.64 bits per heavy atom. The van der Waals surface area contributed by atoms with Gasteiger partial charge in [0.2, 0.25) is 0 Å². The molecule has 1 heterocycles. The van der Waals surface area contributed by atoms with Crippen LogP contribution < -0.4 is 0 Å². The van der Waals surface area contributed by atoms with E-state index < -0.39 is 0 Å². The van der Waals surface area contributed by atoms with E-state index in [4.69, 9.17) is 4.98 Å². The molecular weight excluding hydrogens is 353 g/mol. The molecule has 136 valence electrons. The Morgan fingerprint density at radius 1 is 0.786 bits per heavy atom. The summed E-state index contributed by atoms with van der Waals surface area (Å²) in [4.78, 5) is 4.82. The number of para-hydroxylation sites is 1. The summed E-state index contributed by atoms with van der Waals surface area (Å²) in [5, 5.41) is 20.3. The van der Waals surface area contributed by atoms with Crippen molar-refractivity contribution in [2.24, 2.45) is 0 Å². The van der Waals surface area contributed by atoms with Gasteiger partial charge >= 0.3 is 0 Å². The summed E-state index contributed by atoms with van der Waals surface area (Å²) in [6.45, 7) is 0. The fourth-order valence-corrected chi connectivity index (χ4v) is 3.86. The van der Waals surface area contributed by atoms with Gasteiger partial charge in [0.15, 0.2) is 0 Å². The number of hydrogen-bond acceptors (Lipinski definition) is 3. The van der Waals surface area contributed by atoms with Crippen LogP contribution in [-0.4, -0.2) is 15.2 Å². The zero-order valence-electron chi connectivity index (χ0n) is 14.9. The molecule has 0 aliphatic heterocycles. The molecule has 0 amide bonds. The average molecular weight is 369 g/mol. The number of halogens is 1. The van der Waals surface area contributed by atoms with Crippen LogP contribution in [0.1, 0.15) is 11.1 Å². The largest absolute Gasteiger partial charge is 0.508 e. The van der Waals surface area contributed by atoms with Crippen LogP contribution in [0.25, 0.3) is 33.6 Å². The molecule has 4 aromatic rings. The van der Waals surface area contributed by atoms with Crippen LogP contribution in [0.4, 0.5) is 4.39 Å². The number of fused-ring (bicyclic) bond motifs is 3. The monoisotopic (exact) mass is 369 g/mol. The lowest BCUT2D eigenvalue weighted by Gasteiger charge is -2.13. The van der Waals surface area contributed by atoms with E-state index in [1.54, 1.807) is 30.3 Å². The smallest absolute Gasteiger partial charge is 0.123 e. The molecule has 0 atom stereocenters. The molecular formula is C24H16FNO2. The average Bonchev–Trinajstić information content (AvgIpc) is 3.05. The first-order valence-corrected chi connectivity index (χ1v) is 9.00. The van der Waals surface area contributed by atoms with E-state index in [0.29, 0.717) is 23.2 Å². The number of pyridine rings is 1. The van der Waals surface area contributed by atoms with Gasteiger partial charge in [0.05, 0.1) is 11.4 Å². The van der Waals surface area contributed by atoms with Gasteiger partial charge in [-0.25, -0.2) is 9.37 Å². The summed E-state index contributed by atoms with van der Waals surface area (Å²) in [5.41, 5.74) is 6.59. The van der Waals surface area contributed by atoms with Crippen molar-refractivity contribution in [3.05, 3.63) is 89.7 Å². The number of aromatic nitrogens is 1. The van der Waals surface area contributed by atoms with Gasteiger partial charge < -0.3 is 10.2 Å². The number of phenolic OH excluding ortho intramolecular Hbond substituents is 2. The minimum absolute atomic E-state index is 0.180. The van der Waals surface area contributed by atoms with Gasteiger partial charge in [-0.3, -0.25) is 0 Å². The van der Waals surface area contributed by atoms with E-state index in [9.17, 15) is 14.6 Å². The second-order valence-corrected chi connectivity index (χ2v) is 6.93. The zero-order chi connectivity index (χ0) is 19.3. The number of nitrogens with zero attached hydrogens (tertiary/aromatic N) is 1. The highest BCUT2D eigenvalue weighted by Gasteiger charge is 2.26. The molecule has 1 aromatic heterocycles. The second kappa shape index (κ2) is 6.20. The minimum atomic E-state index is -0.325. The Hall–Kier alpha value is -3.66. The lowest BCUT2D eigenvalue weighted by atomic mass is 9.95. The maximum Gasteiger partial charge on any atom is 0.123 e. The Morgan fingerprint density at radius 3 is 2.46 bits per heavy atom. The number of hydrogen-bond donors (Lipinski definition) is 2. The van der Waals surface area contributed by atoms with Gasteiger partial charge in [-0.1, -0.05) is 30.3 Å². The Kier molecular flexibility index (Phi) is 3.66. The van der Waals surface area contributed by atoms with Crippen molar-refractivity contribution in [1.82, 2.24) is 4.98 Å². The molecule has 4 heteroatoms. The molecule has 1 aliphatic carbocycles. The summed E-state index contributed by atoms with van der Waals surface area (Å²) in [6, 6.07) is 20.6. The van der Waals surface area contributed by atoms with E-state index in [1.165, 1.54) is 12.1 Å². The molecule has 3 nitrogen and oxygen atoms in total. The predicted octanol–water partition coefficient (Wildman–Crippen LogP) is 5.54. The van der Waals surface area contributed by atoms with Crippen LogP contribution in [0, 0.1) is 5.82 Å². The Bertz CT molecular complexity index is 1230. The normalized spacial score (nSPS) is 11.9. The molecule has 2 N–H and O–H groups in total. The van der Waals surface area contributed by atoms with Gasteiger partial charge in [-0.05, 0) is 59.2 Å². The Balaban J connectivity index is 1.81. The molecule has 5 rings (SSSR count). The van der Waals surface area contributed by atoms with Crippen molar-refractivity contribution < 1.29 is 14.6 Å². The van der Waals surface area contributed by atoms with Crippen molar-refractivity contribution in [2.45, 2.75) is 6.42 Å². The quantitative estimate of drug-likeness (QED) is 0.430. The molecule has 0 saturated carbocycles. The second-order valence-electron chi connectivity index (χ2n) is 6.93. The highest BCUT2D eigenvalue weighted by atomic mass is 19.1. The lowest BCUT2D eigenvalue weighted by molar-refractivity contribution is 0.474. The third-order valence-electron chi connectivity index (χ3n) is 5.15. The van der Waals surface area contributed by atoms with Crippen LogP contribution in [0.2, 0.25) is 0 Å². The van der Waals surface area contributed by atoms with Crippen molar-refractivity contribution in [3.8, 4) is 45.1 Å². The van der Waals surface area contributed by atoms with E-state index in [-0.39, 0.29) is 17.3 Å². The topological polar surface area (TPSA) is 53.4 Å². The lowest BCUT2D eigenvalue weighted by Crippen LogP contribution is -1.95. The summed E-state index contributed by atoms with van der Waals surface area (Å²) < 4.78 is 13.8. The summed E-state index contributed by atoms with van der Waals surface area (Å²) in [7, 11) is 0. The molecule has 28 heavy (non-hydrogen) atoms. The Labute approximate surface area is 161 Å². The van der Waals surface area contributed by atoms with Gasteiger partial charge in [-0.15, -0.1) is 0 Å². The molecule has 0 fully saturated rings. The van der Waals surface area contributed by atoms with Crippen LogP contribution >= 0.6 is 0 Å². The van der Waals surface area contributed by atoms with Gasteiger partial charge in [0.1, 0.15) is 17.3 Å². The number of phenols is 2. The molecule has 0 bridgehead atoms. The first-order valence-electron chi connectivity index (χ1n) is 9.00. The van der Waals surface area contributed by atoms with Crippen molar-refractivity contribution >= 4 is 0 Å². The standard InChI is InChI=1S/C24H16FNO2/c25-16-5-3-4-14(10-16)22-13-20(19-6-1-2-7-23(19)28)21-12-15-11-17(27)8-9-18(15)24(21)26-22/h1-11,13,27-28H,12H2. The highest BCUT2D eigenvalue weighted by Crippen LogP contribution is 2.44. The molecule has 0 saturated heterocycles. The van der Waals surface area contributed by atoms with Crippen molar-refractivity contribution in [3.63, 3.8) is 0 Å². The molecule has 1 aliphatic rings. The number of benzene rings is 3. The van der Waals surface area contributed by atoms with Gasteiger partial charge in [0, 0.05) is 23.1 Å². The zero-order valence-corrected chi connectivity index (χ0v) is 14.9. The molecule has 0 radical (unpaired) electrons. The fourth-order valence-electron chi connectivity index (χ4n) is 3.86. The van der Waals surface area contributed by atoms with Crippen molar-refractivity contribution in [1.29, 1.82) is 0 Å². The first kappa shape index (κ1) is 16.5. The van der Waals surface area contributed by atoms with E-state index in [2.05, 4.69) is 0 Å². The van der Waals surface area contributed by atoms with Crippen LogP contribution in [0.5, 0.6) is 11.5 Å². The van der Waals surface area contributed by atoms with E-state index in [0.717, 1.165) is 27.9 Å². The first-order chi connectivity index (χ1) is 13.6. The van der Waals surface area contributed by atoms with E-state index in [1.807, 2.05) is 30.3 Å². The fraction of sp³-hybridized carbons (Fsp3) is 0.0417. The number of rotatable bonds is 2. The summed E-state index contributed by atoms with van der Waals surface area (Å²) in [5.74, 6) is 0.0649. The van der Waals surface area contributed by atoms with Gasteiger partial charge in [0.25, 0.3) is 0 Å². The third kappa shape index (κ3) is 2.62. The maximum atomic E-state index is 13.8. The molecule has 0 spiro atoms. The van der Waals surface area contributed by atoms with Gasteiger partial charge in [-0.2, -0.15) is 0 Å². The van der Waals surface area contributed by atoms with E-state index >= 15 is 0 Å². The summed E-state index contributed by atoms with van der Waals surface area (Å²) in [6.07, 6.45) is 0.610. The maximum absolute atomic E-state index is 13.8. The van der Waals surface area contributed by atoms with Crippen molar-refractivity contribution in [2.75, 3.05) is 0 Å². The predicted molar refractivity (Wildman–Crippen MR) is 107 cm³/mol. The van der Waals surface area contributed by atoms with Crippen LogP contribution in [0.15, 0.2) is 72.8 Å². The minimum Gasteiger partial charge on any atom is -0.508 e. The molecule has 0 unspecified atom stereocenters. The summed E-state index contributed by atoms with van der Waals surface area (Å²) >= 11 is 0. The highest BCUT2D eigenvalue weighted by molar-refractivity contribution is 5.87. The van der Waals surface area contributed by atoms with Crippen LogP contribution in [0.3, 0.4) is 0 Å².